The second-order valence-electron chi connectivity index (χ2n) is 2.69. The number of rotatable bonds is 2. The normalized spacial score (nSPS) is 10.1. The van der Waals surface area contributed by atoms with Crippen LogP contribution in [0.3, 0.4) is 0 Å². The third-order valence-electron chi connectivity index (χ3n) is 1.76. The van der Waals surface area contributed by atoms with Crippen LogP contribution in [0.1, 0.15) is 0 Å². The summed E-state index contributed by atoms with van der Waals surface area (Å²) in [6.07, 6.45) is 0. The Morgan fingerprint density at radius 3 is 2.93 bits per heavy atom. The van der Waals surface area contributed by atoms with Crippen LogP contribution in [0.5, 0.6) is 5.75 Å². The second kappa shape index (κ2) is 3.37. The summed E-state index contributed by atoms with van der Waals surface area (Å²) < 4.78 is 9.97. The number of ether oxygens (including phenoxy) is 1. The minimum Gasteiger partial charge on any atom is -0.497 e. The molecule has 2 aromatic rings. The SMILES string of the molecule is COc1cccc(-c2nc(N)no2)c1. The Bertz CT molecular complexity index is 439. The summed E-state index contributed by atoms with van der Waals surface area (Å²) in [6.45, 7) is 0. The summed E-state index contributed by atoms with van der Waals surface area (Å²) >= 11 is 0. The smallest absolute Gasteiger partial charge is 0.261 e. The molecular formula is C9H9N3O2. The monoisotopic (exact) mass is 191 g/mol. The molecule has 0 aliphatic rings. The van der Waals surface area contributed by atoms with E-state index in [1.54, 1.807) is 13.2 Å². The van der Waals surface area contributed by atoms with E-state index in [2.05, 4.69) is 10.1 Å². The first-order valence-electron chi connectivity index (χ1n) is 4.03. The summed E-state index contributed by atoms with van der Waals surface area (Å²) in [5, 5.41) is 3.50. The standard InChI is InChI=1S/C9H9N3O2/c1-13-7-4-2-3-6(5-7)8-11-9(10)12-14-8/h2-5H,1H3,(H2,10,12). The van der Waals surface area contributed by atoms with Crippen molar-refractivity contribution in [2.45, 2.75) is 0 Å². The third kappa shape index (κ3) is 1.52. The van der Waals surface area contributed by atoms with Gasteiger partial charge in [0, 0.05) is 5.56 Å². The molecule has 0 atom stereocenters. The van der Waals surface area contributed by atoms with E-state index in [0.29, 0.717) is 5.89 Å². The van der Waals surface area contributed by atoms with Crippen LogP contribution in [-0.2, 0) is 0 Å². The molecule has 0 bridgehead atoms. The van der Waals surface area contributed by atoms with Crippen LogP contribution in [0.25, 0.3) is 11.5 Å². The van der Waals surface area contributed by atoms with Crippen molar-refractivity contribution in [3.63, 3.8) is 0 Å². The van der Waals surface area contributed by atoms with Gasteiger partial charge in [-0.05, 0) is 23.4 Å². The molecule has 5 nitrogen and oxygen atoms in total. The minimum atomic E-state index is 0.128. The van der Waals surface area contributed by atoms with E-state index in [1.165, 1.54) is 0 Å². The van der Waals surface area contributed by atoms with Crippen LogP contribution in [0.2, 0.25) is 0 Å². The van der Waals surface area contributed by atoms with Gasteiger partial charge in [0.05, 0.1) is 7.11 Å². The maximum absolute atomic E-state index is 5.34. The quantitative estimate of drug-likeness (QED) is 0.775. The molecule has 0 aliphatic carbocycles. The van der Waals surface area contributed by atoms with Gasteiger partial charge >= 0.3 is 0 Å². The lowest BCUT2D eigenvalue weighted by Gasteiger charge is -1.99. The lowest BCUT2D eigenvalue weighted by Crippen LogP contribution is -1.86. The summed E-state index contributed by atoms with van der Waals surface area (Å²) in [5.41, 5.74) is 6.12. The van der Waals surface area contributed by atoms with Crippen LogP contribution < -0.4 is 10.5 Å². The van der Waals surface area contributed by atoms with E-state index in [-0.39, 0.29) is 5.95 Å². The van der Waals surface area contributed by atoms with Gasteiger partial charge in [0.15, 0.2) is 0 Å². The first-order valence-corrected chi connectivity index (χ1v) is 4.03. The average Bonchev–Trinajstić information content (AvgIpc) is 2.65. The number of aromatic nitrogens is 2. The lowest BCUT2D eigenvalue weighted by molar-refractivity contribution is 0.413. The first-order chi connectivity index (χ1) is 6.79. The van der Waals surface area contributed by atoms with Crippen molar-refractivity contribution in [2.24, 2.45) is 0 Å². The summed E-state index contributed by atoms with van der Waals surface area (Å²) in [4.78, 5) is 3.90. The van der Waals surface area contributed by atoms with Crippen molar-refractivity contribution in [3.8, 4) is 17.2 Å². The first kappa shape index (κ1) is 8.55. The lowest BCUT2D eigenvalue weighted by atomic mass is 10.2. The molecule has 2 rings (SSSR count). The molecule has 0 saturated heterocycles. The number of methoxy groups -OCH3 is 1. The van der Waals surface area contributed by atoms with Crippen LogP contribution >= 0.6 is 0 Å². The second-order valence-corrected chi connectivity index (χ2v) is 2.69. The highest BCUT2D eigenvalue weighted by Crippen LogP contribution is 2.22. The molecule has 0 aliphatic heterocycles. The molecule has 0 saturated carbocycles. The fourth-order valence-corrected chi connectivity index (χ4v) is 1.11. The Balaban J connectivity index is 2.41. The molecular weight excluding hydrogens is 182 g/mol. The molecule has 0 amide bonds. The molecule has 0 unspecified atom stereocenters. The van der Waals surface area contributed by atoms with Crippen molar-refractivity contribution < 1.29 is 9.26 Å². The molecule has 5 heteroatoms. The van der Waals surface area contributed by atoms with Gasteiger partial charge in [0.2, 0.25) is 0 Å². The topological polar surface area (TPSA) is 74.2 Å². The maximum atomic E-state index is 5.34. The summed E-state index contributed by atoms with van der Waals surface area (Å²) in [7, 11) is 1.60. The molecule has 0 radical (unpaired) electrons. The van der Waals surface area contributed by atoms with Crippen LogP contribution in [0, 0.1) is 0 Å². The molecule has 1 aromatic heterocycles. The van der Waals surface area contributed by atoms with Gasteiger partial charge in [0.25, 0.3) is 11.8 Å². The average molecular weight is 191 g/mol. The van der Waals surface area contributed by atoms with Gasteiger partial charge in [-0.2, -0.15) is 4.98 Å². The Hall–Kier alpha value is -2.04. The van der Waals surface area contributed by atoms with E-state index < -0.39 is 0 Å². The zero-order chi connectivity index (χ0) is 9.97. The zero-order valence-electron chi connectivity index (χ0n) is 7.60. The largest absolute Gasteiger partial charge is 0.497 e. The van der Waals surface area contributed by atoms with E-state index >= 15 is 0 Å². The number of anilines is 1. The van der Waals surface area contributed by atoms with Crippen LogP contribution in [0.4, 0.5) is 5.95 Å². The van der Waals surface area contributed by atoms with Gasteiger partial charge < -0.3 is 15.0 Å². The Kier molecular flexibility index (Phi) is 2.06. The van der Waals surface area contributed by atoms with E-state index in [9.17, 15) is 0 Å². The van der Waals surface area contributed by atoms with Gasteiger partial charge in [-0.15, -0.1) is 0 Å². The van der Waals surface area contributed by atoms with E-state index in [1.807, 2.05) is 18.2 Å². The predicted molar refractivity (Wildman–Crippen MR) is 50.7 cm³/mol. The number of hydrogen-bond acceptors (Lipinski definition) is 5. The van der Waals surface area contributed by atoms with Gasteiger partial charge in [-0.25, -0.2) is 0 Å². The van der Waals surface area contributed by atoms with E-state index in [0.717, 1.165) is 11.3 Å². The van der Waals surface area contributed by atoms with Crippen molar-refractivity contribution in [3.05, 3.63) is 24.3 Å². The van der Waals surface area contributed by atoms with Crippen LogP contribution in [0.15, 0.2) is 28.8 Å². The molecule has 1 aromatic carbocycles. The molecule has 72 valence electrons. The summed E-state index contributed by atoms with van der Waals surface area (Å²) in [6, 6.07) is 7.32. The Morgan fingerprint density at radius 1 is 1.43 bits per heavy atom. The number of nitrogens with zero attached hydrogens (tertiary/aromatic N) is 2. The summed E-state index contributed by atoms with van der Waals surface area (Å²) in [5.74, 6) is 1.25. The van der Waals surface area contributed by atoms with Gasteiger partial charge in [-0.3, -0.25) is 0 Å². The van der Waals surface area contributed by atoms with Crippen molar-refractivity contribution in [1.29, 1.82) is 0 Å². The third-order valence-corrected chi connectivity index (χ3v) is 1.76. The number of benzene rings is 1. The fraction of sp³-hybridized carbons (Fsp3) is 0.111. The number of nitrogens with two attached hydrogens (primary N) is 1. The molecule has 0 fully saturated rings. The van der Waals surface area contributed by atoms with E-state index in [4.69, 9.17) is 15.0 Å². The van der Waals surface area contributed by atoms with Gasteiger partial charge in [-0.1, -0.05) is 6.07 Å². The number of hydrogen-bond donors (Lipinski definition) is 1. The Labute approximate surface area is 80.5 Å². The predicted octanol–water partition coefficient (Wildman–Crippen LogP) is 1.33. The van der Waals surface area contributed by atoms with Crippen molar-refractivity contribution in [2.75, 3.05) is 12.8 Å². The highest BCUT2D eigenvalue weighted by molar-refractivity contribution is 5.56. The molecule has 1 heterocycles. The molecule has 14 heavy (non-hydrogen) atoms. The van der Waals surface area contributed by atoms with Crippen LogP contribution in [-0.4, -0.2) is 17.3 Å². The zero-order valence-corrected chi connectivity index (χ0v) is 7.60. The Morgan fingerprint density at radius 2 is 2.29 bits per heavy atom. The number of nitrogen functional groups attached to an aromatic ring is 1. The highest BCUT2D eigenvalue weighted by atomic mass is 16.5. The molecule has 0 spiro atoms. The van der Waals surface area contributed by atoms with Gasteiger partial charge in [0.1, 0.15) is 5.75 Å². The highest BCUT2D eigenvalue weighted by Gasteiger charge is 2.06. The fourth-order valence-electron chi connectivity index (χ4n) is 1.11. The maximum Gasteiger partial charge on any atom is 0.261 e. The van der Waals surface area contributed by atoms with Crippen molar-refractivity contribution >= 4 is 5.95 Å². The minimum absolute atomic E-state index is 0.128. The molecule has 2 N–H and O–H groups in total. The van der Waals surface area contributed by atoms with Crippen molar-refractivity contribution in [1.82, 2.24) is 10.1 Å².